The number of anilines is 2. The van der Waals surface area contributed by atoms with Crippen LogP contribution in [0.15, 0.2) is 54.9 Å². The number of fused-ring (bicyclic) bond motifs is 1. The molecule has 3 heterocycles. The second kappa shape index (κ2) is 9.07. The number of rotatable bonds is 7. The molecule has 0 fully saturated rings. The van der Waals surface area contributed by atoms with E-state index in [0.717, 1.165) is 12.1 Å². The number of aromatic carboxylic acids is 1. The van der Waals surface area contributed by atoms with Gasteiger partial charge in [-0.05, 0) is 24.3 Å². The fourth-order valence-electron chi connectivity index (χ4n) is 3.13. The first-order valence-corrected chi connectivity index (χ1v) is 9.90. The molecule has 3 aromatic heterocycles. The van der Waals surface area contributed by atoms with Crippen molar-refractivity contribution in [2.24, 2.45) is 0 Å². The number of benzene rings is 1. The summed E-state index contributed by atoms with van der Waals surface area (Å²) in [4.78, 5) is 20.0. The highest BCUT2D eigenvalue weighted by molar-refractivity contribution is 5.88. The van der Waals surface area contributed by atoms with Crippen molar-refractivity contribution in [1.29, 1.82) is 5.26 Å². The van der Waals surface area contributed by atoms with Gasteiger partial charge in [0.15, 0.2) is 11.5 Å². The minimum Gasteiger partial charge on any atom is -0.476 e. The van der Waals surface area contributed by atoms with Gasteiger partial charge < -0.3 is 15.7 Å². The second-order valence-corrected chi connectivity index (χ2v) is 7.11. The molecule has 12 heteroatoms. The molecule has 0 aliphatic rings. The monoisotopic (exact) mass is 467 g/mol. The number of nitrogens with one attached hydrogen (secondary N) is 2. The van der Waals surface area contributed by atoms with Crippen molar-refractivity contribution in [2.45, 2.75) is 6.18 Å². The minimum absolute atomic E-state index is 0.200. The maximum Gasteiger partial charge on any atom is 0.416 e. The molecule has 4 rings (SSSR count). The Balaban J connectivity index is 1.57. The zero-order chi connectivity index (χ0) is 24.3. The third kappa shape index (κ3) is 4.88. The molecule has 9 nitrogen and oxygen atoms in total. The zero-order valence-corrected chi connectivity index (χ0v) is 17.3. The molecule has 0 bridgehead atoms. The van der Waals surface area contributed by atoms with Crippen molar-refractivity contribution in [2.75, 3.05) is 23.7 Å². The predicted molar refractivity (Wildman–Crippen MR) is 116 cm³/mol. The van der Waals surface area contributed by atoms with Crippen LogP contribution in [-0.2, 0) is 6.18 Å². The van der Waals surface area contributed by atoms with Gasteiger partial charge in [0.1, 0.15) is 17.4 Å². The lowest BCUT2D eigenvalue weighted by Crippen LogP contribution is -2.15. The highest BCUT2D eigenvalue weighted by Gasteiger charge is 2.30. The molecule has 0 saturated heterocycles. The fourth-order valence-corrected chi connectivity index (χ4v) is 3.13. The van der Waals surface area contributed by atoms with Crippen LogP contribution in [0.3, 0.4) is 0 Å². The van der Waals surface area contributed by atoms with Crippen molar-refractivity contribution < 1.29 is 23.1 Å². The summed E-state index contributed by atoms with van der Waals surface area (Å²) in [5, 5.41) is 28.3. The molecule has 0 saturated carbocycles. The van der Waals surface area contributed by atoms with E-state index in [9.17, 15) is 23.1 Å². The van der Waals surface area contributed by atoms with Gasteiger partial charge in [0.2, 0.25) is 0 Å². The highest BCUT2D eigenvalue weighted by atomic mass is 19.4. The average Bonchev–Trinajstić information content (AvgIpc) is 3.26. The van der Waals surface area contributed by atoms with E-state index < -0.39 is 17.7 Å². The highest BCUT2D eigenvalue weighted by Crippen LogP contribution is 2.31. The molecule has 172 valence electrons. The smallest absolute Gasteiger partial charge is 0.416 e. The van der Waals surface area contributed by atoms with E-state index in [0.29, 0.717) is 47.1 Å². The molecule has 34 heavy (non-hydrogen) atoms. The molecule has 0 amide bonds. The standard InChI is InChI=1S/C22H16F3N7O2/c23-22(24,25)15-4-2-14(3-5-15)17-12-32-18(9-16(31-32)21(33)34)20(30-17)28-8-7-27-19-6-1-13(10-26)11-29-19/h1-6,9,11-12H,7-8H2,(H,27,29)(H,28,30)(H,33,34). The summed E-state index contributed by atoms with van der Waals surface area (Å²) < 4.78 is 40.0. The Hall–Kier alpha value is -4.66. The Morgan fingerprint density at radius 2 is 1.85 bits per heavy atom. The van der Waals surface area contributed by atoms with Gasteiger partial charge in [-0.3, -0.25) is 0 Å². The van der Waals surface area contributed by atoms with Crippen LogP contribution in [-0.4, -0.2) is 43.7 Å². The lowest BCUT2D eigenvalue weighted by atomic mass is 10.1. The first-order chi connectivity index (χ1) is 16.2. The molecule has 0 aliphatic heterocycles. The summed E-state index contributed by atoms with van der Waals surface area (Å²) in [6.07, 6.45) is -1.57. The summed E-state index contributed by atoms with van der Waals surface area (Å²) in [6.45, 7) is 0.769. The SMILES string of the molecule is N#Cc1ccc(NCCNc2nc(-c3ccc(C(F)(F)F)cc3)cn3nc(C(=O)O)cc23)nc1. The van der Waals surface area contributed by atoms with Crippen molar-refractivity contribution in [1.82, 2.24) is 19.6 Å². The van der Waals surface area contributed by atoms with E-state index in [4.69, 9.17) is 5.26 Å². The largest absolute Gasteiger partial charge is 0.476 e. The van der Waals surface area contributed by atoms with Gasteiger partial charge in [0.05, 0.1) is 23.0 Å². The number of alkyl halides is 3. The molecular formula is C22H16F3N7O2. The summed E-state index contributed by atoms with van der Waals surface area (Å²) >= 11 is 0. The third-order valence-corrected chi connectivity index (χ3v) is 4.80. The molecule has 1 aromatic carbocycles. The average molecular weight is 467 g/mol. The summed E-state index contributed by atoms with van der Waals surface area (Å²) in [5.74, 6) is -0.346. The zero-order valence-electron chi connectivity index (χ0n) is 17.3. The number of aromatic nitrogens is 4. The lowest BCUT2D eigenvalue weighted by molar-refractivity contribution is -0.137. The van der Waals surface area contributed by atoms with Gasteiger partial charge in [0.25, 0.3) is 0 Å². The molecular weight excluding hydrogens is 451 g/mol. The molecule has 0 aliphatic carbocycles. The Bertz CT molecular complexity index is 1380. The van der Waals surface area contributed by atoms with Crippen LogP contribution in [0.25, 0.3) is 16.8 Å². The number of pyridine rings is 1. The quantitative estimate of drug-likeness (QED) is 0.349. The van der Waals surface area contributed by atoms with E-state index in [1.165, 1.54) is 35.1 Å². The van der Waals surface area contributed by atoms with Crippen LogP contribution in [0.1, 0.15) is 21.6 Å². The van der Waals surface area contributed by atoms with E-state index in [1.807, 2.05) is 6.07 Å². The fraction of sp³-hybridized carbons (Fsp3) is 0.136. The van der Waals surface area contributed by atoms with Gasteiger partial charge in [-0.1, -0.05) is 12.1 Å². The molecule has 0 unspecified atom stereocenters. The van der Waals surface area contributed by atoms with Gasteiger partial charge in [-0.2, -0.15) is 23.5 Å². The molecule has 0 spiro atoms. The Morgan fingerprint density at radius 3 is 2.47 bits per heavy atom. The molecule has 4 aromatic rings. The summed E-state index contributed by atoms with van der Waals surface area (Å²) in [5.41, 5.74) is 0.560. The number of carboxylic acids is 1. The van der Waals surface area contributed by atoms with Crippen molar-refractivity contribution >= 4 is 23.1 Å². The van der Waals surface area contributed by atoms with Crippen LogP contribution in [0.2, 0.25) is 0 Å². The number of halogens is 3. The van der Waals surface area contributed by atoms with Crippen LogP contribution < -0.4 is 10.6 Å². The number of nitrogens with zero attached hydrogens (tertiary/aromatic N) is 5. The first-order valence-electron chi connectivity index (χ1n) is 9.90. The Kier molecular flexibility index (Phi) is 6.01. The first kappa shape index (κ1) is 22.5. The maximum absolute atomic E-state index is 12.9. The third-order valence-electron chi connectivity index (χ3n) is 4.80. The van der Waals surface area contributed by atoms with Crippen LogP contribution in [0.5, 0.6) is 0 Å². The summed E-state index contributed by atoms with van der Waals surface area (Å²) in [7, 11) is 0. The molecule has 0 atom stereocenters. The number of hydrogen-bond donors (Lipinski definition) is 3. The van der Waals surface area contributed by atoms with E-state index in [1.54, 1.807) is 12.1 Å². The summed E-state index contributed by atoms with van der Waals surface area (Å²) in [6, 6.07) is 11.1. The topological polar surface area (TPSA) is 128 Å². The number of carbonyl (C=O) groups is 1. The molecule has 3 N–H and O–H groups in total. The van der Waals surface area contributed by atoms with Gasteiger partial charge in [-0.25, -0.2) is 19.3 Å². The second-order valence-electron chi connectivity index (χ2n) is 7.11. The van der Waals surface area contributed by atoms with E-state index in [-0.39, 0.29) is 5.69 Å². The molecule has 0 radical (unpaired) electrons. The van der Waals surface area contributed by atoms with Crippen molar-refractivity contribution in [3.8, 4) is 17.3 Å². The number of nitriles is 1. The number of hydrogen-bond acceptors (Lipinski definition) is 7. The van der Waals surface area contributed by atoms with Crippen molar-refractivity contribution in [3.05, 3.63) is 71.7 Å². The van der Waals surface area contributed by atoms with Gasteiger partial charge in [0, 0.05) is 30.9 Å². The Morgan fingerprint density at radius 1 is 1.12 bits per heavy atom. The van der Waals surface area contributed by atoms with E-state index >= 15 is 0 Å². The van der Waals surface area contributed by atoms with Gasteiger partial charge in [-0.15, -0.1) is 0 Å². The van der Waals surface area contributed by atoms with Crippen LogP contribution in [0.4, 0.5) is 24.8 Å². The van der Waals surface area contributed by atoms with Crippen LogP contribution >= 0.6 is 0 Å². The lowest BCUT2D eigenvalue weighted by Gasteiger charge is -2.12. The van der Waals surface area contributed by atoms with Crippen molar-refractivity contribution in [3.63, 3.8) is 0 Å². The number of carboxylic acid groups (broad SMARTS) is 1. The normalized spacial score (nSPS) is 11.2. The van der Waals surface area contributed by atoms with Gasteiger partial charge >= 0.3 is 12.1 Å². The van der Waals surface area contributed by atoms with E-state index in [2.05, 4.69) is 25.7 Å². The maximum atomic E-state index is 12.9. The van der Waals surface area contributed by atoms with Crippen LogP contribution in [0, 0.1) is 11.3 Å². The minimum atomic E-state index is -4.46. The predicted octanol–water partition coefficient (Wildman–Crippen LogP) is 3.90. The Labute approximate surface area is 190 Å².